The van der Waals surface area contributed by atoms with Crippen LogP contribution >= 0.6 is 22.3 Å². The first-order valence-electron chi connectivity index (χ1n) is 4.26. The van der Waals surface area contributed by atoms with Gasteiger partial charge < -0.3 is 9.30 Å². The maximum Gasteiger partial charge on any atom is 0.355 e. The Morgan fingerprint density at radius 1 is 1.56 bits per heavy atom. The van der Waals surface area contributed by atoms with Gasteiger partial charge in [-0.25, -0.2) is 13.2 Å². The molecule has 0 N–H and O–H groups in total. The van der Waals surface area contributed by atoms with Crippen molar-refractivity contribution in [2.75, 3.05) is 6.61 Å². The largest absolute Gasteiger partial charge is 0.461 e. The van der Waals surface area contributed by atoms with Gasteiger partial charge in [-0.3, -0.25) is 0 Å². The van der Waals surface area contributed by atoms with Gasteiger partial charge in [0.15, 0.2) is 0 Å². The Hall–Kier alpha value is -0.720. The summed E-state index contributed by atoms with van der Waals surface area (Å²) < 4.78 is 28.2. The first-order valence-corrected chi connectivity index (χ1v) is 6.94. The predicted molar refractivity (Wildman–Crippen MR) is 59.4 cm³/mol. The van der Waals surface area contributed by atoms with Gasteiger partial charge in [-0.2, -0.15) is 0 Å². The number of carbonyl (C=O) groups excluding carboxylic acids is 1. The molecular formula is C8H9Cl2NO4S. The van der Waals surface area contributed by atoms with Gasteiger partial charge in [-0.1, -0.05) is 11.6 Å². The van der Waals surface area contributed by atoms with E-state index in [-0.39, 0.29) is 22.3 Å². The molecule has 0 aliphatic heterocycles. The van der Waals surface area contributed by atoms with Crippen LogP contribution in [-0.2, 0) is 20.8 Å². The summed E-state index contributed by atoms with van der Waals surface area (Å²) in [5.41, 5.74) is 0.0334. The molecule has 0 saturated heterocycles. The van der Waals surface area contributed by atoms with Crippen molar-refractivity contribution in [1.29, 1.82) is 0 Å². The molecule has 0 spiro atoms. The van der Waals surface area contributed by atoms with Crippen LogP contribution in [0, 0.1) is 0 Å². The van der Waals surface area contributed by atoms with E-state index in [9.17, 15) is 13.2 Å². The normalized spacial score (nSPS) is 11.5. The number of aromatic nitrogens is 1. The van der Waals surface area contributed by atoms with E-state index in [2.05, 4.69) is 0 Å². The summed E-state index contributed by atoms with van der Waals surface area (Å²) in [5, 5.41) is -0.127. The summed E-state index contributed by atoms with van der Waals surface area (Å²) in [6.45, 7) is 1.83. The molecular weight excluding hydrogens is 277 g/mol. The van der Waals surface area contributed by atoms with E-state index in [4.69, 9.17) is 27.0 Å². The maximum absolute atomic E-state index is 11.4. The van der Waals surface area contributed by atoms with Crippen molar-refractivity contribution in [3.8, 4) is 0 Å². The van der Waals surface area contributed by atoms with Gasteiger partial charge in [0.05, 0.1) is 6.61 Å². The van der Waals surface area contributed by atoms with Crippen molar-refractivity contribution in [1.82, 2.24) is 4.57 Å². The molecule has 1 aromatic rings. The lowest BCUT2D eigenvalue weighted by Gasteiger charge is -2.02. The minimum Gasteiger partial charge on any atom is -0.461 e. The Balaban J connectivity index is 3.31. The lowest BCUT2D eigenvalue weighted by Crippen LogP contribution is -2.09. The standard InChI is InChI=1S/C8H9Cl2NO4S/c1-3-15-8(12)5-4-6(16(10,13)14)7(9)11(5)2/h4H,3H2,1-2H3. The van der Waals surface area contributed by atoms with Crippen LogP contribution in [0.25, 0.3) is 0 Å². The van der Waals surface area contributed by atoms with E-state index < -0.39 is 15.0 Å². The van der Waals surface area contributed by atoms with E-state index >= 15 is 0 Å². The molecule has 0 aliphatic carbocycles. The third kappa shape index (κ3) is 2.50. The van der Waals surface area contributed by atoms with Gasteiger partial charge >= 0.3 is 5.97 Å². The summed E-state index contributed by atoms with van der Waals surface area (Å²) in [7, 11) is 2.63. The van der Waals surface area contributed by atoms with Gasteiger partial charge in [-0.05, 0) is 13.0 Å². The summed E-state index contributed by atoms with van der Waals surface area (Å²) in [6.07, 6.45) is 0. The van der Waals surface area contributed by atoms with Gasteiger partial charge in [0.2, 0.25) is 0 Å². The van der Waals surface area contributed by atoms with Gasteiger partial charge in [-0.15, -0.1) is 0 Å². The molecule has 5 nitrogen and oxygen atoms in total. The van der Waals surface area contributed by atoms with Gasteiger partial charge in [0, 0.05) is 17.7 Å². The molecule has 16 heavy (non-hydrogen) atoms. The highest BCUT2D eigenvalue weighted by Gasteiger charge is 2.24. The maximum atomic E-state index is 11.4. The number of carbonyl (C=O) groups is 1. The quantitative estimate of drug-likeness (QED) is 0.627. The van der Waals surface area contributed by atoms with Crippen LogP contribution in [0.1, 0.15) is 17.4 Å². The van der Waals surface area contributed by atoms with Crippen molar-refractivity contribution in [2.45, 2.75) is 11.8 Å². The van der Waals surface area contributed by atoms with Crippen molar-refractivity contribution in [3.05, 3.63) is 16.9 Å². The highest BCUT2D eigenvalue weighted by Crippen LogP contribution is 2.28. The van der Waals surface area contributed by atoms with Gasteiger partial charge in [0.25, 0.3) is 9.05 Å². The van der Waals surface area contributed by atoms with E-state index in [1.165, 1.54) is 11.6 Å². The number of hydrogen-bond donors (Lipinski definition) is 0. The molecule has 0 radical (unpaired) electrons. The number of ether oxygens (including phenoxy) is 1. The van der Waals surface area contributed by atoms with E-state index in [1.54, 1.807) is 6.92 Å². The van der Waals surface area contributed by atoms with Gasteiger partial charge in [0.1, 0.15) is 15.7 Å². The molecule has 0 aliphatic rings. The molecule has 8 heteroatoms. The van der Waals surface area contributed by atoms with Crippen LogP contribution < -0.4 is 0 Å². The SMILES string of the molecule is CCOC(=O)c1cc(S(=O)(=O)Cl)c(Cl)n1C. The van der Waals surface area contributed by atoms with Crippen molar-refractivity contribution >= 4 is 37.3 Å². The fraction of sp³-hybridized carbons (Fsp3) is 0.375. The molecule has 0 fully saturated rings. The topological polar surface area (TPSA) is 65.4 Å². The summed E-state index contributed by atoms with van der Waals surface area (Å²) in [5.74, 6) is -0.654. The zero-order chi connectivity index (χ0) is 12.5. The van der Waals surface area contributed by atoms with E-state index in [0.717, 1.165) is 6.07 Å². The molecule has 1 heterocycles. The molecule has 0 amide bonds. The first-order chi connectivity index (χ1) is 7.29. The third-order valence-corrected chi connectivity index (χ3v) is 3.78. The van der Waals surface area contributed by atoms with E-state index in [1.807, 2.05) is 0 Å². The second kappa shape index (κ2) is 4.65. The summed E-state index contributed by atoms with van der Waals surface area (Å²) in [4.78, 5) is 11.1. The van der Waals surface area contributed by atoms with E-state index in [0.29, 0.717) is 0 Å². The highest BCUT2D eigenvalue weighted by molar-refractivity contribution is 8.13. The Morgan fingerprint density at radius 2 is 2.12 bits per heavy atom. The molecule has 1 rings (SSSR count). The summed E-state index contributed by atoms with van der Waals surface area (Å²) in [6, 6.07) is 1.09. The molecule has 0 aromatic carbocycles. The second-order valence-corrected chi connectivity index (χ2v) is 5.79. The number of rotatable bonds is 3. The number of nitrogens with zero attached hydrogens (tertiary/aromatic N) is 1. The van der Waals surface area contributed by atoms with Crippen molar-refractivity contribution in [3.63, 3.8) is 0 Å². The fourth-order valence-corrected chi connectivity index (χ4v) is 2.64. The van der Waals surface area contributed by atoms with Crippen LogP contribution in [0.3, 0.4) is 0 Å². The first kappa shape index (κ1) is 13.3. The minimum atomic E-state index is -3.97. The second-order valence-electron chi connectivity index (χ2n) is 2.90. The highest BCUT2D eigenvalue weighted by atomic mass is 35.7. The Kier molecular flexibility index (Phi) is 3.88. The van der Waals surface area contributed by atoms with Crippen LogP contribution in [0.2, 0.25) is 5.15 Å². The fourth-order valence-electron chi connectivity index (χ4n) is 1.12. The summed E-state index contributed by atoms with van der Waals surface area (Å²) >= 11 is 5.73. The average molecular weight is 286 g/mol. The molecule has 90 valence electrons. The van der Waals surface area contributed by atoms with Crippen LogP contribution in [0.15, 0.2) is 11.0 Å². The number of esters is 1. The van der Waals surface area contributed by atoms with Crippen molar-refractivity contribution < 1.29 is 17.9 Å². The molecule has 0 saturated carbocycles. The third-order valence-electron chi connectivity index (χ3n) is 1.87. The number of halogens is 2. The smallest absolute Gasteiger partial charge is 0.355 e. The Morgan fingerprint density at radius 3 is 2.50 bits per heavy atom. The average Bonchev–Trinajstić information content (AvgIpc) is 2.44. The number of hydrogen-bond acceptors (Lipinski definition) is 4. The molecule has 0 atom stereocenters. The zero-order valence-corrected chi connectivity index (χ0v) is 10.9. The zero-order valence-electron chi connectivity index (χ0n) is 8.53. The lowest BCUT2D eigenvalue weighted by atomic mass is 10.4. The monoisotopic (exact) mass is 285 g/mol. The lowest BCUT2D eigenvalue weighted by molar-refractivity contribution is 0.0515. The Bertz CT molecular complexity index is 520. The van der Waals surface area contributed by atoms with Crippen LogP contribution in [0.4, 0.5) is 0 Å². The van der Waals surface area contributed by atoms with Crippen LogP contribution in [0.5, 0.6) is 0 Å². The molecule has 0 bridgehead atoms. The van der Waals surface area contributed by atoms with Crippen LogP contribution in [-0.4, -0.2) is 25.6 Å². The minimum absolute atomic E-state index is 0.0334. The Labute approximate surface area is 102 Å². The molecule has 1 aromatic heterocycles. The van der Waals surface area contributed by atoms with Crippen molar-refractivity contribution in [2.24, 2.45) is 7.05 Å². The molecule has 0 unspecified atom stereocenters. The predicted octanol–water partition coefficient (Wildman–Crippen LogP) is 1.78.